The van der Waals surface area contributed by atoms with Crippen LogP contribution in [0.5, 0.6) is 0 Å². The molecule has 0 heterocycles. The van der Waals surface area contributed by atoms with Gasteiger partial charge >= 0.3 is 12.1 Å². The predicted molar refractivity (Wildman–Crippen MR) is 60.0 cm³/mol. The molecular weight excluding hydrogens is 224 g/mol. The number of aliphatic carboxylic acids is 1. The Balaban J connectivity index is 2.24. The summed E-state index contributed by atoms with van der Waals surface area (Å²) in [5.74, 6) is -1.06. The van der Waals surface area contributed by atoms with Crippen molar-refractivity contribution in [3.8, 4) is 0 Å². The number of nitrogens with one attached hydrogen (secondary N) is 2. The minimum Gasteiger partial charge on any atom is -0.480 e. The van der Waals surface area contributed by atoms with Gasteiger partial charge in [-0.1, -0.05) is 30.3 Å². The average Bonchev–Trinajstić information content (AvgIpc) is 2.34. The maximum absolute atomic E-state index is 11.2. The lowest BCUT2D eigenvalue weighted by atomic mass is 10.2. The van der Waals surface area contributed by atoms with Crippen LogP contribution in [0.25, 0.3) is 0 Å². The molecule has 0 saturated carbocycles. The van der Waals surface area contributed by atoms with Gasteiger partial charge in [-0.15, -0.1) is 0 Å². The van der Waals surface area contributed by atoms with E-state index in [9.17, 15) is 9.59 Å². The number of carboxylic acid groups (broad SMARTS) is 1. The second-order valence-electron chi connectivity index (χ2n) is 3.39. The van der Waals surface area contributed by atoms with Crippen LogP contribution in [0.15, 0.2) is 30.3 Å². The van der Waals surface area contributed by atoms with Crippen LogP contribution in [0.3, 0.4) is 0 Å². The molecule has 1 rings (SSSR count). The largest absolute Gasteiger partial charge is 0.480 e. The highest BCUT2D eigenvalue weighted by molar-refractivity contribution is 5.73. The Kier molecular flexibility index (Phi) is 4.96. The fourth-order valence-corrected chi connectivity index (χ4v) is 0.988. The summed E-state index contributed by atoms with van der Waals surface area (Å²) in [5.41, 5.74) is 5.29. The number of carbonyl (C=O) groups excluding carboxylic acids is 1. The highest BCUT2D eigenvalue weighted by Crippen LogP contribution is 2.00. The summed E-state index contributed by atoms with van der Waals surface area (Å²) in [7, 11) is 0. The molecule has 6 heteroatoms. The molecule has 0 fully saturated rings. The first-order chi connectivity index (χ1) is 8.09. The number of hydrogen-bond acceptors (Lipinski definition) is 4. The number of amides is 1. The Labute approximate surface area is 98.6 Å². The Bertz CT molecular complexity index is 380. The second-order valence-corrected chi connectivity index (χ2v) is 3.39. The maximum atomic E-state index is 11.2. The van der Waals surface area contributed by atoms with Gasteiger partial charge in [-0.3, -0.25) is 10.2 Å². The van der Waals surface area contributed by atoms with Gasteiger partial charge in [0.05, 0.1) is 0 Å². The molecule has 17 heavy (non-hydrogen) atoms. The van der Waals surface area contributed by atoms with Crippen LogP contribution in [-0.4, -0.2) is 23.2 Å². The van der Waals surface area contributed by atoms with Gasteiger partial charge in [-0.05, 0) is 12.5 Å². The lowest BCUT2D eigenvalue weighted by molar-refractivity contribution is -0.139. The second kappa shape index (κ2) is 6.49. The zero-order valence-corrected chi connectivity index (χ0v) is 9.34. The van der Waals surface area contributed by atoms with Gasteiger partial charge < -0.3 is 9.84 Å². The summed E-state index contributed by atoms with van der Waals surface area (Å²) in [5, 5.41) is 8.55. The van der Waals surface area contributed by atoms with Gasteiger partial charge in [-0.25, -0.2) is 10.2 Å². The van der Waals surface area contributed by atoms with Gasteiger partial charge in [0, 0.05) is 0 Å². The van der Waals surface area contributed by atoms with Crippen molar-refractivity contribution in [1.29, 1.82) is 0 Å². The fourth-order valence-electron chi connectivity index (χ4n) is 0.988. The third-order valence-electron chi connectivity index (χ3n) is 1.97. The molecule has 1 aromatic rings. The van der Waals surface area contributed by atoms with Crippen molar-refractivity contribution in [2.75, 3.05) is 0 Å². The van der Waals surface area contributed by atoms with E-state index in [0.717, 1.165) is 5.56 Å². The van der Waals surface area contributed by atoms with Crippen molar-refractivity contribution in [2.24, 2.45) is 0 Å². The molecule has 6 nitrogen and oxygen atoms in total. The molecule has 0 spiro atoms. The quantitative estimate of drug-likeness (QED) is 0.663. The van der Waals surface area contributed by atoms with Crippen molar-refractivity contribution in [2.45, 2.75) is 19.6 Å². The van der Waals surface area contributed by atoms with Crippen LogP contribution in [-0.2, 0) is 16.1 Å². The summed E-state index contributed by atoms with van der Waals surface area (Å²) in [6, 6.07) is 8.29. The summed E-state index contributed by atoms with van der Waals surface area (Å²) in [6.45, 7) is 1.54. The van der Waals surface area contributed by atoms with Gasteiger partial charge in [0.15, 0.2) is 0 Å². The number of hydrogen-bond donors (Lipinski definition) is 3. The Morgan fingerprint density at radius 2 is 2.00 bits per heavy atom. The summed E-state index contributed by atoms with van der Waals surface area (Å²) in [4.78, 5) is 21.6. The predicted octanol–water partition coefficient (Wildman–Crippen LogP) is 0.891. The number of carbonyl (C=O) groups is 2. The molecule has 92 valence electrons. The molecule has 1 aromatic carbocycles. The molecule has 0 aliphatic carbocycles. The first kappa shape index (κ1) is 13.0. The van der Waals surface area contributed by atoms with E-state index in [-0.39, 0.29) is 6.61 Å². The zero-order chi connectivity index (χ0) is 12.7. The van der Waals surface area contributed by atoms with E-state index >= 15 is 0 Å². The first-order valence-corrected chi connectivity index (χ1v) is 5.04. The Morgan fingerprint density at radius 3 is 2.59 bits per heavy atom. The number of ether oxygens (including phenoxy) is 1. The lowest BCUT2D eigenvalue weighted by Gasteiger charge is -2.10. The van der Waals surface area contributed by atoms with Gasteiger partial charge in [0.1, 0.15) is 12.6 Å². The van der Waals surface area contributed by atoms with Crippen molar-refractivity contribution >= 4 is 12.1 Å². The molecule has 1 amide bonds. The third kappa shape index (κ3) is 4.98. The number of hydrazine groups is 1. The van der Waals surface area contributed by atoms with Crippen molar-refractivity contribution in [1.82, 2.24) is 10.9 Å². The molecule has 0 saturated heterocycles. The van der Waals surface area contributed by atoms with Crippen molar-refractivity contribution in [3.05, 3.63) is 35.9 Å². The molecule has 0 unspecified atom stereocenters. The average molecular weight is 238 g/mol. The van der Waals surface area contributed by atoms with Crippen LogP contribution in [0.4, 0.5) is 4.79 Å². The highest BCUT2D eigenvalue weighted by Gasteiger charge is 2.11. The number of rotatable bonds is 5. The minimum absolute atomic E-state index is 0.135. The smallest absolute Gasteiger partial charge is 0.421 e. The van der Waals surface area contributed by atoms with E-state index in [1.807, 2.05) is 30.3 Å². The molecule has 3 N–H and O–H groups in total. The summed E-state index contributed by atoms with van der Waals surface area (Å²) in [6.07, 6.45) is -0.720. The monoisotopic (exact) mass is 238 g/mol. The lowest BCUT2D eigenvalue weighted by Crippen LogP contribution is -2.46. The van der Waals surface area contributed by atoms with E-state index in [1.165, 1.54) is 6.92 Å². The minimum atomic E-state index is -1.06. The third-order valence-corrected chi connectivity index (χ3v) is 1.97. The number of benzene rings is 1. The van der Waals surface area contributed by atoms with E-state index in [4.69, 9.17) is 9.84 Å². The molecule has 0 bridgehead atoms. The summed E-state index contributed by atoms with van der Waals surface area (Å²) >= 11 is 0. The Morgan fingerprint density at radius 1 is 1.35 bits per heavy atom. The highest BCUT2D eigenvalue weighted by atomic mass is 16.6. The standard InChI is InChI=1S/C11H14N2O4/c1-8(10(14)15)12-13-11(16)17-7-9-5-3-2-4-6-9/h2-6,8,12H,7H2,1H3,(H,13,16)(H,14,15)/t8-/m0/s1. The molecule has 0 aromatic heterocycles. The van der Waals surface area contributed by atoms with E-state index in [1.54, 1.807) is 0 Å². The first-order valence-electron chi connectivity index (χ1n) is 5.04. The normalized spacial score (nSPS) is 11.6. The van der Waals surface area contributed by atoms with Crippen LogP contribution >= 0.6 is 0 Å². The number of carboxylic acids is 1. The SMILES string of the molecule is C[C@H](NNC(=O)OCc1ccccc1)C(=O)O. The zero-order valence-electron chi connectivity index (χ0n) is 9.34. The topological polar surface area (TPSA) is 87.7 Å². The van der Waals surface area contributed by atoms with Crippen molar-refractivity contribution < 1.29 is 19.4 Å². The van der Waals surface area contributed by atoms with Crippen molar-refractivity contribution in [3.63, 3.8) is 0 Å². The molecule has 0 radical (unpaired) electrons. The van der Waals surface area contributed by atoms with Crippen LogP contribution in [0.2, 0.25) is 0 Å². The summed E-state index contributed by atoms with van der Waals surface area (Å²) < 4.78 is 4.85. The molecule has 0 aliphatic heterocycles. The van der Waals surface area contributed by atoms with Crippen LogP contribution in [0.1, 0.15) is 12.5 Å². The molecule has 1 atom stereocenters. The van der Waals surface area contributed by atoms with Gasteiger partial charge in [0.25, 0.3) is 0 Å². The van der Waals surface area contributed by atoms with Gasteiger partial charge in [0.2, 0.25) is 0 Å². The Hall–Kier alpha value is -2.08. The van der Waals surface area contributed by atoms with E-state index < -0.39 is 18.1 Å². The van der Waals surface area contributed by atoms with E-state index in [2.05, 4.69) is 10.9 Å². The maximum Gasteiger partial charge on any atom is 0.421 e. The molecule has 0 aliphatic rings. The van der Waals surface area contributed by atoms with Gasteiger partial charge in [-0.2, -0.15) is 0 Å². The van der Waals surface area contributed by atoms with Crippen LogP contribution < -0.4 is 10.9 Å². The van der Waals surface area contributed by atoms with E-state index in [0.29, 0.717) is 0 Å². The van der Waals surface area contributed by atoms with Crippen LogP contribution in [0, 0.1) is 0 Å². The molecular formula is C11H14N2O4. The fraction of sp³-hybridized carbons (Fsp3) is 0.273.